The number of anilines is 2. The molecule has 3 N–H and O–H groups in total. The summed E-state index contributed by atoms with van der Waals surface area (Å²) in [6, 6.07) is 4.91. The molecule has 0 unspecified atom stereocenters. The molecule has 0 saturated heterocycles. The number of carbonyl (C=O) groups is 2. The van der Waals surface area contributed by atoms with Gasteiger partial charge in [-0.25, -0.2) is 4.98 Å². The zero-order chi connectivity index (χ0) is 14.7. The van der Waals surface area contributed by atoms with Gasteiger partial charge in [0.05, 0.1) is 5.69 Å². The Morgan fingerprint density at radius 2 is 2.05 bits per heavy atom. The first-order valence-corrected chi connectivity index (χ1v) is 6.68. The molecular formula is C13H13N3O3S. The minimum atomic E-state index is -0.446. The number of phenols is 1. The van der Waals surface area contributed by atoms with Crippen LogP contribution >= 0.6 is 11.3 Å². The summed E-state index contributed by atoms with van der Waals surface area (Å²) < 4.78 is 0. The lowest BCUT2D eigenvalue weighted by molar-refractivity contribution is -0.114. The van der Waals surface area contributed by atoms with Crippen LogP contribution < -0.4 is 10.6 Å². The maximum absolute atomic E-state index is 12.0. The Balaban J connectivity index is 2.13. The third-order valence-electron chi connectivity index (χ3n) is 2.42. The van der Waals surface area contributed by atoms with Gasteiger partial charge in [0.15, 0.2) is 5.13 Å². The molecule has 0 radical (unpaired) electrons. The summed E-state index contributed by atoms with van der Waals surface area (Å²) in [5, 5.41) is 16.6. The Morgan fingerprint density at radius 1 is 1.30 bits per heavy atom. The molecule has 0 saturated carbocycles. The van der Waals surface area contributed by atoms with Crippen LogP contribution in [0.25, 0.3) is 0 Å². The molecule has 1 aromatic heterocycles. The van der Waals surface area contributed by atoms with E-state index in [1.54, 1.807) is 12.1 Å². The van der Waals surface area contributed by atoms with Crippen LogP contribution in [0.15, 0.2) is 23.6 Å². The summed E-state index contributed by atoms with van der Waals surface area (Å²) in [7, 11) is 0. The normalized spacial score (nSPS) is 10.1. The van der Waals surface area contributed by atoms with Crippen molar-refractivity contribution in [2.45, 2.75) is 13.8 Å². The highest BCUT2D eigenvalue weighted by Gasteiger charge is 2.13. The minimum absolute atomic E-state index is 0.0127. The third kappa shape index (κ3) is 3.33. The number of nitrogens with one attached hydrogen (secondary N) is 2. The van der Waals surface area contributed by atoms with Crippen molar-refractivity contribution in [1.29, 1.82) is 0 Å². The molecule has 0 aliphatic heterocycles. The van der Waals surface area contributed by atoms with Gasteiger partial charge in [-0.15, -0.1) is 11.3 Å². The molecule has 0 aliphatic rings. The number of hydrogen-bond donors (Lipinski definition) is 3. The number of benzene rings is 1. The predicted octanol–water partition coefficient (Wildman–Crippen LogP) is 2.37. The number of aryl methyl sites for hydroxylation is 1. The molecule has 0 atom stereocenters. The van der Waals surface area contributed by atoms with Gasteiger partial charge in [0.1, 0.15) is 11.4 Å². The fourth-order valence-corrected chi connectivity index (χ4v) is 2.26. The SMILES string of the molecule is CC(=O)Nc1nc(C(=O)Nc2cc(C)ccc2O)cs1. The molecule has 0 aliphatic carbocycles. The van der Waals surface area contributed by atoms with E-state index in [0.717, 1.165) is 16.9 Å². The van der Waals surface area contributed by atoms with Crippen molar-refractivity contribution in [3.05, 3.63) is 34.8 Å². The van der Waals surface area contributed by atoms with Gasteiger partial charge in [-0.3, -0.25) is 9.59 Å². The number of carbonyl (C=O) groups excluding carboxylic acids is 2. The standard InChI is InChI=1S/C13H13N3O3S/c1-7-3-4-11(18)9(5-7)15-12(19)10-6-20-13(16-10)14-8(2)17/h3-6,18H,1-2H3,(H,15,19)(H,14,16,17). The first-order valence-electron chi connectivity index (χ1n) is 5.80. The molecule has 2 rings (SSSR count). The van der Waals surface area contributed by atoms with Gasteiger partial charge in [-0.1, -0.05) is 6.07 Å². The van der Waals surface area contributed by atoms with Crippen molar-refractivity contribution < 1.29 is 14.7 Å². The highest BCUT2D eigenvalue weighted by atomic mass is 32.1. The number of rotatable bonds is 3. The highest BCUT2D eigenvalue weighted by molar-refractivity contribution is 7.14. The van der Waals surface area contributed by atoms with Crippen molar-refractivity contribution in [3.63, 3.8) is 0 Å². The van der Waals surface area contributed by atoms with E-state index in [4.69, 9.17) is 0 Å². The zero-order valence-corrected chi connectivity index (χ0v) is 11.7. The van der Waals surface area contributed by atoms with Crippen molar-refractivity contribution in [1.82, 2.24) is 4.98 Å². The second-order valence-corrected chi connectivity index (χ2v) is 5.05. The van der Waals surface area contributed by atoms with Crippen molar-refractivity contribution in [2.75, 3.05) is 10.6 Å². The van der Waals surface area contributed by atoms with E-state index in [0.29, 0.717) is 10.8 Å². The Morgan fingerprint density at radius 3 is 2.75 bits per heavy atom. The van der Waals surface area contributed by atoms with Gasteiger partial charge < -0.3 is 15.7 Å². The van der Waals surface area contributed by atoms with Crippen molar-refractivity contribution in [3.8, 4) is 5.75 Å². The summed E-state index contributed by atoms with van der Waals surface area (Å²) in [6.45, 7) is 3.22. The van der Waals surface area contributed by atoms with Gasteiger partial charge in [0, 0.05) is 12.3 Å². The summed E-state index contributed by atoms with van der Waals surface area (Å²) in [4.78, 5) is 26.9. The highest BCUT2D eigenvalue weighted by Crippen LogP contribution is 2.25. The van der Waals surface area contributed by atoms with E-state index in [1.165, 1.54) is 18.4 Å². The first-order chi connectivity index (χ1) is 9.45. The average Bonchev–Trinajstić information content (AvgIpc) is 2.81. The Bertz CT molecular complexity index is 667. The maximum Gasteiger partial charge on any atom is 0.275 e. The fraction of sp³-hybridized carbons (Fsp3) is 0.154. The average molecular weight is 291 g/mol. The summed E-state index contributed by atoms with van der Waals surface area (Å²) in [5.41, 5.74) is 1.42. The van der Waals surface area contributed by atoms with E-state index in [-0.39, 0.29) is 17.4 Å². The number of nitrogens with zero attached hydrogens (tertiary/aromatic N) is 1. The number of aromatic nitrogens is 1. The monoisotopic (exact) mass is 291 g/mol. The van der Waals surface area contributed by atoms with E-state index < -0.39 is 5.91 Å². The lowest BCUT2D eigenvalue weighted by Gasteiger charge is -2.06. The minimum Gasteiger partial charge on any atom is -0.506 e. The van der Waals surface area contributed by atoms with Gasteiger partial charge in [0.25, 0.3) is 5.91 Å². The largest absolute Gasteiger partial charge is 0.506 e. The number of thiazole rings is 1. The summed E-state index contributed by atoms with van der Waals surface area (Å²) in [5.74, 6) is -0.706. The van der Waals surface area contributed by atoms with Crippen LogP contribution in [0.3, 0.4) is 0 Å². The zero-order valence-electron chi connectivity index (χ0n) is 10.9. The molecule has 2 amide bonds. The summed E-state index contributed by atoms with van der Waals surface area (Å²) >= 11 is 1.16. The number of amides is 2. The first kappa shape index (κ1) is 14.0. The van der Waals surface area contributed by atoms with Gasteiger partial charge in [-0.05, 0) is 24.6 Å². The number of phenolic OH excluding ortho intramolecular Hbond substituents is 1. The molecule has 20 heavy (non-hydrogen) atoms. The molecule has 0 fully saturated rings. The van der Waals surface area contributed by atoms with E-state index in [9.17, 15) is 14.7 Å². The smallest absolute Gasteiger partial charge is 0.275 e. The Labute approximate surface area is 119 Å². The number of aromatic hydroxyl groups is 1. The molecule has 0 spiro atoms. The summed E-state index contributed by atoms with van der Waals surface area (Å²) in [6.07, 6.45) is 0. The molecule has 1 aromatic carbocycles. The van der Waals surface area contributed by atoms with Crippen molar-refractivity contribution in [2.24, 2.45) is 0 Å². The molecule has 0 bridgehead atoms. The van der Waals surface area contributed by atoms with Crippen LogP contribution in [0, 0.1) is 6.92 Å². The topological polar surface area (TPSA) is 91.3 Å². The Kier molecular flexibility index (Phi) is 3.99. The second-order valence-electron chi connectivity index (χ2n) is 4.19. The van der Waals surface area contributed by atoms with Crippen LogP contribution in [0.4, 0.5) is 10.8 Å². The van der Waals surface area contributed by atoms with Crippen molar-refractivity contribution >= 4 is 34.0 Å². The van der Waals surface area contributed by atoms with Gasteiger partial charge in [-0.2, -0.15) is 0 Å². The van der Waals surface area contributed by atoms with Crippen LogP contribution in [-0.2, 0) is 4.79 Å². The fourth-order valence-electron chi connectivity index (χ4n) is 1.52. The van der Waals surface area contributed by atoms with E-state index >= 15 is 0 Å². The second kappa shape index (κ2) is 5.70. The van der Waals surface area contributed by atoms with Gasteiger partial charge >= 0.3 is 0 Å². The van der Waals surface area contributed by atoms with Crippen LogP contribution in [0.1, 0.15) is 23.0 Å². The van der Waals surface area contributed by atoms with E-state index in [2.05, 4.69) is 15.6 Å². The molecule has 104 valence electrons. The van der Waals surface area contributed by atoms with Crippen LogP contribution in [-0.4, -0.2) is 21.9 Å². The quantitative estimate of drug-likeness (QED) is 0.757. The van der Waals surface area contributed by atoms with E-state index in [1.807, 2.05) is 6.92 Å². The number of hydrogen-bond acceptors (Lipinski definition) is 5. The van der Waals surface area contributed by atoms with Crippen LogP contribution in [0.5, 0.6) is 5.75 Å². The molecule has 6 nitrogen and oxygen atoms in total. The molecular weight excluding hydrogens is 278 g/mol. The molecule has 1 heterocycles. The van der Waals surface area contributed by atoms with Crippen LogP contribution in [0.2, 0.25) is 0 Å². The maximum atomic E-state index is 12.0. The lowest BCUT2D eigenvalue weighted by atomic mass is 10.2. The van der Waals surface area contributed by atoms with Gasteiger partial charge in [0.2, 0.25) is 5.91 Å². The molecule has 7 heteroatoms. The molecule has 2 aromatic rings. The lowest BCUT2D eigenvalue weighted by Crippen LogP contribution is -2.13. The third-order valence-corrected chi connectivity index (χ3v) is 3.18. The predicted molar refractivity (Wildman–Crippen MR) is 77.2 cm³/mol. The Hall–Kier alpha value is -2.41.